The summed E-state index contributed by atoms with van der Waals surface area (Å²) in [4.78, 5) is 8.91. The van der Waals surface area contributed by atoms with E-state index in [0.717, 1.165) is 33.6 Å². The van der Waals surface area contributed by atoms with Gasteiger partial charge in [0.2, 0.25) is 0 Å². The Balaban J connectivity index is 1.70. The van der Waals surface area contributed by atoms with Crippen LogP contribution >= 0.6 is 0 Å². The molecule has 2 heteroatoms. The fraction of sp³-hybridized carbons (Fsp3) is 0. The predicted molar refractivity (Wildman–Crippen MR) is 110 cm³/mol. The zero-order valence-corrected chi connectivity index (χ0v) is 14.1. The van der Waals surface area contributed by atoms with E-state index in [4.69, 9.17) is 12.8 Å². The third-order valence-electron chi connectivity index (χ3n) is 3.69. The van der Waals surface area contributed by atoms with E-state index in [-0.39, 0.29) is 0 Å². The Morgan fingerprint density at radius 1 is 0.615 bits per heavy atom. The molecule has 0 radical (unpaired) electrons. The van der Waals surface area contributed by atoms with E-state index in [1.165, 1.54) is 0 Å². The molecule has 0 spiro atoms. The van der Waals surface area contributed by atoms with Crippen molar-refractivity contribution in [3.63, 3.8) is 0 Å². The third kappa shape index (κ3) is 4.57. The summed E-state index contributed by atoms with van der Waals surface area (Å²) in [6.45, 7) is 0. The average Bonchev–Trinajstić information content (AvgIpc) is 2.72. The van der Waals surface area contributed by atoms with Crippen molar-refractivity contribution < 1.29 is 0 Å². The summed E-state index contributed by atoms with van der Waals surface area (Å²) in [7, 11) is 0. The van der Waals surface area contributed by atoms with Crippen molar-refractivity contribution in [2.45, 2.75) is 0 Å². The van der Waals surface area contributed by atoms with Gasteiger partial charge in [0.25, 0.3) is 0 Å². The zero-order chi connectivity index (χ0) is 18.2. The first kappa shape index (κ1) is 17.0. The molecule has 0 amide bonds. The van der Waals surface area contributed by atoms with E-state index in [9.17, 15) is 0 Å². The first-order chi connectivity index (χ1) is 12.8. The largest absolute Gasteiger partial charge is 0.256 e. The van der Waals surface area contributed by atoms with Crippen molar-refractivity contribution in [3.05, 3.63) is 95.1 Å². The fourth-order valence-electron chi connectivity index (χ4n) is 2.32. The lowest BCUT2D eigenvalue weighted by molar-refractivity contribution is 1.50. The first-order valence-electron chi connectivity index (χ1n) is 8.08. The number of nitrogens with zero attached hydrogens (tertiary/aromatic N) is 2. The molecule has 26 heavy (non-hydrogen) atoms. The Hall–Kier alpha value is -3.88. The molecule has 0 N–H and O–H groups in total. The molecular weight excluding hydrogens is 316 g/mol. The van der Waals surface area contributed by atoms with Crippen LogP contribution in [-0.4, -0.2) is 12.4 Å². The van der Waals surface area contributed by atoms with Crippen molar-refractivity contribution in [2.24, 2.45) is 9.98 Å². The van der Waals surface area contributed by atoms with E-state index in [0.29, 0.717) is 0 Å². The molecule has 0 bridgehead atoms. The number of hydrogen-bond donors (Lipinski definition) is 0. The summed E-state index contributed by atoms with van der Waals surface area (Å²) >= 11 is 0. The van der Waals surface area contributed by atoms with E-state index in [1.807, 2.05) is 85.2 Å². The fourth-order valence-corrected chi connectivity index (χ4v) is 2.32. The molecule has 0 atom stereocenters. The van der Waals surface area contributed by atoms with Crippen molar-refractivity contribution in [3.8, 4) is 24.7 Å². The highest BCUT2D eigenvalue weighted by atomic mass is 14.7. The van der Waals surface area contributed by atoms with Gasteiger partial charge in [-0.15, -0.1) is 12.8 Å². The molecule has 2 nitrogen and oxygen atoms in total. The SMILES string of the molecule is C#Cc1cccc(/N=C/c2ccc(/C=N/c3cccc(C#C)c3)cc2)c1. The molecule has 0 aliphatic heterocycles. The predicted octanol–water partition coefficient (Wildman–Crippen LogP) is 5.15. The Bertz CT molecular complexity index is 956. The smallest absolute Gasteiger partial charge is 0.0642 e. The van der Waals surface area contributed by atoms with Gasteiger partial charge in [-0.05, 0) is 47.5 Å². The monoisotopic (exact) mass is 332 g/mol. The Kier molecular flexibility index (Phi) is 5.41. The lowest BCUT2D eigenvalue weighted by atomic mass is 10.1. The number of benzene rings is 3. The van der Waals surface area contributed by atoms with Gasteiger partial charge in [-0.3, -0.25) is 9.98 Å². The van der Waals surface area contributed by atoms with Crippen LogP contribution in [0.3, 0.4) is 0 Å². The molecular formula is C24H16N2. The summed E-state index contributed by atoms with van der Waals surface area (Å²) in [5.41, 5.74) is 5.31. The van der Waals surface area contributed by atoms with Crippen LogP contribution in [0.1, 0.15) is 22.3 Å². The summed E-state index contributed by atoms with van der Waals surface area (Å²) in [6, 6.07) is 23.1. The number of rotatable bonds is 4. The molecule has 3 aromatic carbocycles. The lowest BCUT2D eigenvalue weighted by Gasteiger charge is -1.98. The van der Waals surface area contributed by atoms with Crippen LogP contribution in [0.25, 0.3) is 0 Å². The minimum Gasteiger partial charge on any atom is -0.256 e. The number of aliphatic imine (C=N–C) groups is 2. The van der Waals surface area contributed by atoms with Gasteiger partial charge in [0.05, 0.1) is 11.4 Å². The Morgan fingerprint density at radius 3 is 1.42 bits per heavy atom. The van der Waals surface area contributed by atoms with E-state index < -0.39 is 0 Å². The van der Waals surface area contributed by atoms with Crippen LogP contribution in [0.5, 0.6) is 0 Å². The topological polar surface area (TPSA) is 24.7 Å². The first-order valence-corrected chi connectivity index (χ1v) is 8.08. The zero-order valence-electron chi connectivity index (χ0n) is 14.1. The Morgan fingerprint density at radius 2 is 1.04 bits per heavy atom. The van der Waals surface area contributed by atoms with Gasteiger partial charge in [0.15, 0.2) is 0 Å². The van der Waals surface area contributed by atoms with Crippen LogP contribution in [-0.2, 0) is 0 Å². The van der Waals surface area contributed by atoms with Crippen LogP contribution in [0, 0.1) is 24.7 Å². The van der Waals surface area contributed by atoms with Crippen LogP contribution in [0.2, 0.25) is 0 Å². The van der Waals surface area contributed by atoms with E-state index >= 15 is 0 Å². The summed E-state index contributed by atoms with van der Waals surface area (Å²) < 4.78 is 0. The van der Waals surface area contributed by atoms with Crippen LogP contribution in [0.15, 0.2) is 82.8 Å². The quantitative estimate of drug-likeness (QED) is 0.466. The van der Waals surface area contributed by atoms with E-state index in [1.54, 1.807) is 0 Å². The van der Waals surface area contributed by atoms with Gasteiger partial charge in [-0.1, -0.05) is 48.2 Å². The highest BCUT2D eigenvalue weighted by molar-refractivity contribution is 5.86. The van der Waals surface area contributed by atoms with Crippen molar-refractivity contribution >= 4 is 23.8 Å². The second-order valence-corrected chi connectivity index (χ2v) is 5.57. The Labute approximate surface area is 154 Å². The molecule has 0 aromatic heterocycles. The van der Waals surface area contributed by atoms with Gasteiger partial charge in [0, 0.05) is 23.6 Å². The molecule has 0 fully saturated rings. The van der Waals surface area contributed by atoms with Crippen LogP contribution in [0.4, 0.5) is 11.4 Å². The van der Waals surface area contributed by atoms with Gasteiger partial charge in [-0.2, -0.15) is 0 Å². The highest BCUT2D eigenvalue weighted by Crippen LogP contribution is 2.15. The number of hydrogen-bond acceptors (Lipinski definition) is 2. The van der Waals surface area contributed by atoms with Gasteiger partial charge >= 0.3 is 0 Å². The molecule has 0 unspecified atom stereocenters. The lowest BCUT2D eigenvalue weighted by Crippen LogP contribution is -1.84. The molecule has 122 valence electrons. The van der Waals surface area contributed by atoms with Gasteiger partial charge in [0.1, 0.15) is 0 Å². The average molecular weight is 332 g/mol. The molecule has 0 heterocycles. The second-order valence-electron chi connectivity index (χ2n) is 5.57. The molecule has 0 saturated heterocycles. The van der Waals surface area contributed by atoms with E-state index in [2.05, 4.69) is 21.8 Å². The summed E-state index contributed by atoms with van der Waals surface area (Å²) in [6.07, 6.45) is 14.4. The highest BCUT2D eigenvalue weighted by Gasteiger charge is 1.94. The van der Waals surface area contributed by atoms with Gasteiger partial charge in [-0.25, -0.2) is 0 Å². The third-order valence-corrected chi connectivity index (χ3v) is 3.69. The molecule has 0 aliphatic rings. The maximum atomic E-state index is 5.41. The summed E-state index contributed by atoms with van der Waals surface area (Å²) in [5, 5.41) is 0. The second kappa shape index (κ2) is 8.29. The molecule has 0 aliphatic carbocycles. The van der Waals surface area contributed by atoms with Crippen molar-refractivity contribution in [1.82, 2.24) is 0 Å². The van der Waals surface area contributed by atoms with Crippen LogP contribution < -0.4 is 0 Å². The summed E-state index contributed by atoms with van der Waals surface area (Å²) in [5.74, 6) is 5.22. The minimum absolute atomic E-state index is 0.820. The maximum Gasteiger partial charge on any atom is 0.0642 e. The minimum atomic E-state index is 0.820. The van der Waals surface area contributed by atoms with Gasteiger partial charge < -0.3 is 0 Å². The molecule has 3 rings (SSSR count). The standard InChI is InChI=1S/C24H16N2/c1-3-19-7-5-9-23(15-19)25-17-21-11-13-22(14-12-21)18-26-24-10-6-8-20(4-2)16-24/h1-2,5-18H/b25-17+,26-18+. The normalized spacial score (nSPS) is 10.7. The molecule has 3 aromatic rings. The maximum absolute atomic E-state index is 5.41. The number of terminal acetylenes is 2. The molecule has 0 saturated carbocycles. The van der Waals surface area contributed by atoms with Crippen molar-refractivity contribution in [2.75, 3.05) is 0 Å². The van der Waals surface area contributed by atoms with Crippen molar-refractivity contribution in [1.29, 1.82) is 0 Å².